The van der Waals surface area contributed by atoms with E-state index in [4.69, 9.17) is 11.6 Å². The van der Waals surface area contributed by atoms with E-state index in [1.165, 1.54) is 12.4 Å². The molecule has 0 radical (unpaired) electrons. The first-order valence-electron chi connectivity index (χ1n) is 3.33. The molecule has 7 heteroatoms. The molecule has 0 amide bonds. The Labute approximate surface area is 76.2 Å². The van der Waals surface area contributed by atoms with Crippen molar-refractivity contribution in [1.29, 1.82) is 0 Å². The molecule has 2 rings (SSSR count). The van der Waals surface area contributed by atoms with E-state index in [1.54, 1.807) is 0 Å². The highest BCUT2D eigenvalue weighted by Gasteiger charge is 2.16. The Morgan fingerprint density at radius 3 is 2.85 bits per heavy atom. The minimum Gasteiger partial charge on any atom is -0.277 e. The monoisotopic (exact) mass is 204 g/mol. The largest absolute Gasteiger partial charge is 0.297 e. The minimum atomic E-state index is -2.67. The predicted molar refractivity (Wildman–Crippen MR) is 40.7 cm³/mol. The van der Waals surface area contributed by atoms with E-state index in [0.29, 0.717) is 0 Å². The van der Waals surface area contributed by atoms with E-state index in [2.05, 4.69) is 15.2 Å². The molecule has 0 N–H and O–H groups in total. The Morgan fingerprint density at radius 1 is 1.38 bits per heavy atom. The highest BCUT2D eigenvalue weighted by molar-refractivity contribution is 6.32. The zero-order valence-electron chi connectivity index (χ0n) is 6.15. The molecule has 68 valence electrons. The van der Waals surface area contributed by atoms with Crippen molar-refractivity contribution in [3.8, 4) is 0 Å². The molecule has 4 nitrogen and oxygen atoms in total. The summed E-state index contributed by atoms with van der Waals surface area (Å²) in [6.45, 7) is 0. The summed E-state index contributed by atoms with van der Waals surface area (Å²) < 4.78 is 25.7. The first kappa shape index (κ1) is 8.31. The Bertz CT molecular complexity index is 441. The first-order chi connectivity index (χ1) is 6.20. The lowest BCUT2D eigenvalue weighted by Crippen LogP contribution is -1.95. The topological polar surface area (TPSA) is 43.1 Å². The van der Waals surface area contributed by atoms with E-state index in [-0.39, 0.29) is 10.8 Å². The van der Waals surface area contributed by atoms with Crippen molar-refractivity contribution >= 4 is 17.2 Å². The fourth-order valence-corrected chi connectivity index (χ4v) is 1.15. The zero-order valence-corrected chi connectivity index (χ0v) is 6.91. The third-order valence-electron chi connectivity index (χ3n) is 1.51. The van der Waals surface area contributed by atoms with Crippen molar-refractivity contribution in [1.82, 2.24) is 19.6 Å². The van der Waals surface area contributed by atoms with Crippen molar-refractivity contribution < 1.29 is 8.78 Å². The smallest absolute Gasteiger partial charge is 0.277 e. The van der Waals surface area contributed by atoms with Crippen molar-refractivity contribution in [3.05, 3.63) is 23.4 Å². The number of aromatic nitrogens is 4. The molecule has 0 aliphatic carbocycles. The minimum absolute atomic E-state index is 0.0573. The van der Waals surface area contributed by atoms with Gasteiger partial charge < -0.3 is 0 Å². The maximum absolute atomic E-state index is 12.3. The maximum Gasteiger partial charge on any atom is 0.297 e. The zero-order chi connectivity index (χ0) is 9.42. The molecular formula is C6H3ClF2N4. The van der Waals surface area contributed by atoms with Crippen LogP contribution in [0, 0.1) is 0 Å². The lowest BCUT2D eigenvalue weighted by atomic mass is 10.6. The molecule has 0 bridgehead atoms. The number of fused-ring (bicyclic) bond motifs is 1. The van der Waals surface area contributed by atoms with Gasteiger partial charge in [0.1, 0.15) is 0 Å². The highest BCUT2D eigenvalue weighted by Crippen LogP contribution is 2.19. The van der Waals surface area contributed by atoms with Crippen molar-refractivity contribution in [2.24, 2.45) is 0 Å². The number of halogens is 3. The molecule has 0 aliphatic heterocycles. The van der Waals surface area contributed by atoms with Crippen LogP contribution in [-0.2, 0) is 0 Å². The summed E-state index contributed by atoms with van der Waals surface area (Å²) in [5, 5.41) is 6.83. The molecule has 0 saturated heterocycles. The summed E-state index contributed by atoms with van der Waals surface area (Å²) in [6, 6.07) is 0. The number of rotatable bonds is 1. The van der Waals surface area contributed by atoms with E-state index in [0.717, 1.165) is 4.40 Å². The average Bonchev–Trinajstić information content (AvgIpc) is 2.48. The quantitative estimate of drug-likeness (QED) is 0.710. The highest BCUT2D eigenvalue weighted by atomic mass is 35.5. The lowest BCUT2D eigenvalue weighted by molar-refractivity contribution is 0.139. The third-order valence-corrected chi connectivity index (χ3v) is 1.77. The van der Waals surface area contributed by atoms with Gasteiger partial charge >= 0.3 is 0 Å². The van der Waals surface area contributed by atoms with Crippen LogP contribution in [0.4, 0.5) is 8.78 Å². The molecule has 0 atom stereocenters. The van der Waals surface area contributed by atoms with Crippen LogP contribution in [0.3, 0.4) is 0 Å². The van der Waals surface area contributed by atoms with Crippen LogP contribution < -0.4 is 0 Å². The summed E-state index contributed by atoms with van der Waals surface area (Å²) in [5.41, 5.74) is 0.138. The fourth-order valence-electron chi connectivity index (χ4n) is 0.963. The molecule has 2 aromatic rings. The van der Waals surface area contributed by atoms with Gasteiger partial charge in [-0.1, -0.05) is 11.6 Å². The standard InChI is InChI=1S/C6H3ClF2N4/c7-3-5-11-12-6(4(8)9)13(5)2-1-10-3/h1-2,4H. The van der Waals surface area contributed by atoms with Crippen LogP contribution in [0.5, 0.6) is 0 Å². The Morgan fingerprint density at radius 2 is 2.15 bits per heavy atom. The second-order valence-electron chi connectivity index (χ2n) is 2.27. The van der Waals surface area contributed by atoms with Crippen molar-refractivity contribution in [2.45, 2.75) is 6.43 Å². The fraction of sp³-hybridized carbons (Fsp3) is 0.167. The summed E-state index contributed by atoms with van der Waals surface area (Å²) in [5.74, 6) is -0.431. The van der Waals surface area contributed by atoms with Gasteiger partial charge in [0, 0.05) is 12.4 Å². The molecule has 13 heavy (non-hydrogen) atoms. The van der Waals surface area contributed by atoms with Gasteiger partial charge in [0.2, 0.25) is 5.82 Å². The molecule has 2 heterocycles. The van der Waals surface area contributed by atoms with Crippen molar-refractivity contribution in [2.75, 3.05) is 0 Å². The van der Waals surface area contributed by atoms with Crippen molar-refractivity contribution in [3.63, 3.8) is 0 Å². The normalized spacial score (nSPS) is 11.4. The second kappa shape index (κ2) is 2.88. The summed E-state index contributed by atoms with van der Waals surface area (Å²) in [4.78, 5) is 3.68. The summed E-state index contributed by atoms with van der Waals surface area (Å²) >= 11 is 5.60. The van der Waals surface area contributed by atoms with Gasteiger partial charge in [-0.05, 0) is 0 Å². The molecule has 2 aromatic heterocycles. The molecular weight excluding hydrogens is 202 g/mol. The summed E-state index contributed by atoms with van der Waals surface area (Å²) in [7, 11) is 0. The molecule has 0 spiro atoms. The molecule has 0 fully saturated rings. The Hall–Kier alpha value is -1.30. The van der Waals surface area contributed by atoms with E-state index < -0.39 is 12.2 Å². The van der Waals surface area contributed by atoms with Gasteiger partial charge in [0.05, 0.1) is 0 Å². The molecule has 0 saturated carbocycles. The number of hydrogen-bond donors (Lipinski definition) is 0. The van der Waals surface area contributed by atoms with Crippen LogP contribution in [0.25, 0.3) is 5.65 Å². The molecule has 0 aliphatic rings. The first-order valence-corrected chi connectivity index (χ1v) is 3.71. The molecule has 0 unspecified atom stereocenters. The van der Waals surface area contributed by atoms with Crippen LogP contribution >= 0.6 is 11.6 Å². The number of nitrogens with zero attached hydrogens (tertiary/aromatic N) is 4. The van der Waals surface area contributed by atoms with Crippen LogP contribution in [0.2, 0.25) is 5.15 Å². The molecule has 0 aromatic carbocycles. The van der Waals surface area contributed by atoms with Gasteiger partial charge in [-0.25, -0.2) is 13.8 Å². The lowest BCUT2D eigenvalue weighted by Gasteiger charge is -1.96. The van der Waals surface area contributed by atoms with Gasteiger partial charge in [0.15, 0.2) is 10.8 Å². The predicted octanol–water partition coefficient (Wildman–Crippen LogP) is 1.72. The van der Waals surface area contributed by atoms with Crippen LogP contribution in [0.15, 0.2) is 12.4 Å². The van der Waals surface area contributed by atoms with E-state index in [9.17, 15) is 8.78 Å². The van der Waals surface area contributed by atoms with Gasteiger partial charge in [-0.15, -0.1) is 10.2 Å². The second-order valence-corrected chi connectivity index (χ2v) is 2.63. The Kier molecular flexibility index (Phi) is 1.84. The van der Waals surface area contributed by atoms with E-state index >= 15 is 0 Å². The summed E-state index contributed by atoms with van der Waals surface area (Å²) in [6.07, 6.45) is -0.0266. The SMILES string of the molecule is FC(F)c1nnc2c(Cl)nccn12. The average molecular weight is 205 g/mol. The van der Waals surface area contributed by atoms with Gasteiger partial charge in [-0.3, -0.25) is 4.40 Å². The van der Waals surface area contributed by atoms with Crippen LogP contribution in [-0.4, -0.2) is 19.6 Å². The number of hydrogen-bond acceptors (Lipinski definition) is 3. The Balaban J connectivity index is 2.75. The maximum atomic E-state index is 12.3. The third kappa shape index (κ3) is 1.23. The van der Waals surface area contributed by atoms with Gasteiger partial charge in [-0.2, -0.15) is 0 Å². The van der Waals surface area contributed by atoms with Gasteiger partial charge in [0.25, 0.3) is 6.43 Å². The van der Waals surface area contributed by atoms with E-state index in [1.807, 2.05) is 0 Å². The van der Waals surface area contributed by atoms with Crippen LogP contribution in [0.1, 0.15) is 12.2 Å². The number of alkyl halides is 2.